The molecule has 1 aromatic heterocycles. The summed E-state index contributed by atoms with van der Waals surface area (Å²) in [6, 6.07) is 13.1. The Kier molecular flexibility index (Phi) is 5.07. The molecule has 0 saturated carbocycles. The van der Waals surface area contributed by atoms with Gasteiger partial charge in [-0.05, 0) is 25.0 Å². The van der Waals surface area contributed by atoms with E-state index in [1.807, 2.05) is 38.1 Å². The molecular formula is C21H22N2O3. The van der Waals surface area contributed by atoms with Gasteiger partial charge in [-0.1, -0.05) is 25.1 Å². The Balaban J connectivity index is 2.04. The van der Waals surface area contributed by atoms with Gasteiger partial charge < -0.3 is 14.8 Å². The molecule has 0 fully saturated rings. The van der Waals surface area contributed by atoms with E-state index in [4.69, 9.17) is 9.47 Å². The second-order valence-corrected chi connectivity index (χ2v) is 5.98. The Morgan fingerprint density at radius 3 is 2.35 bits per heavy atom. The summed E-state index contributed by atoms with van der Waals surface area (Å²) < 4.78 is 10.5. The number of nitrogens with one attached hydrogen (secondary N) is 1. The summed E-state index contributed by atoms with van der Waals surface area (Å²) in [7, 11) is 3.15. The first-order valence-corrected chi connectivity index (χ1v) is 8.50. The van der Waals surface area contributed by atoms with Crippen molar-refractivity contribution in [2.45, 2.75) is 20.3 Å². The van der Waals surface area contributed by atoms with E-state index in [1.54, 1.807) is 32.4 Å². The van der Waals surface area contributed by atoms with Gasteiger partial charge in [-0.3, -0.25) is 9.78 Å². The number of ether oxygens (including phenoxy) is 2. The molecule has 0 radical (unpaired) electrons. The molecule has 0 aliphatic heterocycles. The summed E-state index contributed by atoms with van der Waals surface area (Å²) in [6.45, 7) is 3.96. The Labute approximate surface area is 153 Å². The van der Waals surface area contributed by atoms with Crippen molar-refractivity contribution in [3.8, 4) is 11.5 Å². The van der Waals surface area contributed by atoms with Crippen LogP contribution in [0.2, 0.25) is 0 Å². The topological polar surface area (TPSA) is 60.5 Å². The maximum Gasteiger partial charge on any atom is 0.257 e. The number of hydrogen-bond donors (Lipinski definition) is 1. The Morgan fingerprint density at radius 2 is 1.73 bits per heavy atom. The lowest BCUT2D eigenvalue weighted by Crippen LogP contribution is -2.17. The zero-order valence-corrected chi connectivity index (χ0v) is 15.4. The van der Waals surface area contributed by atoms with Crippen LogP contribution in [0.15, 0.2) is 42.5 Å². The average Bonchev–Trinajstić information content (AvgIpc) is 2.67. The minimum Gasteiger partial charge on any atom is -0.497 e. The molecule has 3 aromatic rings. The fourth-order valence-electron chi connectivity index (χ4n) is 3.07. The lowest BCUT2D eigenvalue weighted by molar-refractivity contribution is 0.102. The third-order valence-electron chi connectivity index (χ3n) is 4.40. The van der Waals surface area contributed by atoms with Crippen molar-refractivity contribution in [2.75, 3.05) is 19.5 Å². The molecule has 26 heavy (non-hydrogen) atoms. The molecule has 5 nitrogen and oxygen atoms in total. The van der Waals surface area contributed by atoms with E-state index in [9.17, 15) is 4.79 Å². The van der Waals surface area contributed by atoms with Gasteiger partial charge in [0.05, 0.1) is 31.0 Å². The van der Waals surface area contributed by atoms with Crippen LogP contribution >= 0.6 is 0 Å². The highest BCUT2D eigenvalue weighted by molar-refractivity contribution is 6.08. The molecule has 1 heterocycles. The van der Waals surface area contributed by atoms with E-state index >= 15 is 0 Å². The van der Waals surface area contributed by atoms with Crippen LogP contribution in [0, 0.1) is 6.92 Å². The van der Waals surface area contributed by atoms with Gasteiger partial charge in [-0.25, -0.2) is 0 Å². The molecule has 5 heteroatoms. The first kappa shape index (κ1) is 17.7. The monoisotopic (exact) mass is 350 g/mol. The maximum absolute atomic E-state index is 13.0. The van der Waals surface area contributed by atoms with Gasteiger partial charge in [0.25, 0.3) is 5.91 Å². The van der Waals surface area contributed by atoms with Crippen LogP contribution in [-0.4, -0.2) is 25.1 Å². The van der Waals surface area contributed by atoms with E-state index in [1.165, 1.54) is 0 Å². The molecule has 1 N–H and O–H groups in total. The molecule has 134 valence electrons. The van der Waals surface area contributed by atoms with Crippen LogP contribution < -0.4 is 14.8 Å². The highest BCUT2D eigenvalue weighted by Gasteiger charge is 2.18. The maximum atomic E-state index is 13.0. The quantitative estimate of drug-likeness (QED) is 0.742. The van der Waals surface area contributed by atoms with Crippen LogP contribution in [0.4, 0.5) is 5.69 Å². The van der Waals surface area contributed by atoms with E-state index in [-0.39, 0.29) is 5.91 Å². The van der Waals surface area contributed by atoms with Gasteiger partial charge in [0.2, 0.25) is 0 Å². The van der Waals surface area contributed by atoms with Crippen molar-refractivity contribution in [1.82, 2.24) is 4.98 Å². The predicted molar refractivity (Wildman–Crippen MR) is 103 cm³/mol. The largest absolute Gasteiger partial charge is 0.497 e. The summed E-state index contributed by atoms with van der Waals surface area (Å²) in [5, 5.41) is 3.93. The highest BCUT2D eigenvalue weighted by atomic mass is 16.5. The van der Waals surface area contributed by atoms with E-state index in [2.05, 4.69) is 10.3 Å². The van der Waals surface area contributed by atoms with E-state index in [0.29, 0.717) is 29.2 Å². The first-order valence-electron chi connectivity index (χ1n) is 8.50. The molecule has 0 bridgehead atoms. The van der Waals surface area contributed by atoms with Gasteiger partial charge in [0.1, 0.15) is 11.5 Å². The normalized spacial score (nSPS) is 10.6. The molecule has 2 aromatic carbocycles. The summed E-state index contributed by atoms with van der Waals surface area (Å²) >= 11 is 0. The molecule has 0 atom stereocenters. The van der Waals surface area contributed by atoms with E-state index < -0.39 is 0 Å². The molecule has 0 aliphatic rings. The van der Waals surface area contributed by atoms with Crippen LogP contribution in [0.3, 0.4) is 0 Å². The van der Waals surface area contributed by atoms with Gasteiger partial charge >= 0.3 is 0 Å². The number of hydrogen-bond acceptors (Lipinski definition) is 4. The summed E-state index contributed by atoms with van der Waals surface area (Å²) in [4.78, 5) is 17.7. The zero-order valence-electron chi connectivity index (χ0n) is 15.4. The summed E-state index contributed by atoms with van der Waals surface area (Å²) in [5.41, 5.74) is 3.85. The number of benzene rings is 2. The number of pyridine rings is 1. The third kappa shape index (κ3) is 3.33. The number of nitrogens with zero attached hydrogens (tertiary/aromatic N) is 1. The fourth-order valence-corrected chi connectivity index (χ4v) is 3.07. The van der Waals surface area contributed by atoms with Crippen molar-refractivity contribution in [3.63, 3.8) is 0 Å². The fraction of sp³-hybridized carbons (Fsp3) is 0.238. The van der Waals surface area contributed by atoms with Crippen LogP contribution in [0.1, 0.15) is 28.5 Å². The standard InChI is InChI=1S/C21H22N2O3/c1-5-18-20(13(2)17-8-6-7-9-19(17)23-18)21(24)22-14-10-15(25-3)12-16(11-14)26-4/h6-12H,5H2,1-4H3,(H,22,24). The number of aryl methyl sites for hydroxylation is 2. The van der Waals surface area contributed by atoms with E-state index in [0.717, 1.165) is 22.2 Å². The van der Waals surface area contributed by atoms with Crippen LogP contribution in [-0.2, 0) is 6.42 Å². The molecule has 0 unspecified atom stereocenters. The zero-order chi connectivity index (χ0) is 18.7. The number of methoxy groups -OCH3 is 2. The second-order valence-electron chi connectivity index (χ2n) is 5.98. The molecule has 0 saturated heterocycles. The van der Waals surface area contributed by atoms with Gasteiger partial charge in [0.15, 0.2) is 0 Å². The first-order chi connectivity index (χ1) is 12.6. The molecular weight excluding hydrogens is 328 g/mol. The van der Waals surface area contributed by atoms with Crippen molar-refractivity contribution < 1.29 is 14.3 Å². The Bertz CT molecular complexity index is 945. The Morgan fingerprint density at radius 1 is 1.08 bits per heavy atom. The minimum absolute atomic E-state index is 0.187. The smallest absolute Gasteiger partial charge is 0.257 e. The number of fused-ring (bicyclic) bond motifs is 1. The van der Waals surface area contributed by atoms with Crippen molar-refractivity contribution in [3.05, 3.63) is 59.3 Å². The highest BCUT2D eigenvalue weighted by Crippen LogP contribution is 2.28. The van der Waals surface area contributed by atoms with Gasteiger partial charge in [0, 0.05) is 29.3 Å². The Hall–Kier alpha value is -3.08. The number of carbonyl (C=O) groups is 1. The summed E-state index contributed by atoms with van der Waals surface area (Å²) in [5.74, 6) is 1.04. The lowest BCUT2D eigenvalue weighted by atomic mass is 9.99. The molecule has 0 spiro atoms. The molecule has 3 rings (SSSR count). The number of carbonyl (C=O) groups excluding carboxylic acids is 1. The number of amides is 1. The molecule has 0 aliphatic carbocycles. The van der Waals surface area contributed by atoms with Gasteiger partial charge in [-0.15, -0.1) is 0 Å². The lowest BCUT2D eigenvalue weighted by Gasteiger charge is -2.15. The molecule has 1 amide bonds. The summed E-state index contributed by atoms with van der Waals surface area (Å²) in [6.07, 6.45) is 0.676. The van der Waals surface area contributed by atoms with Crippen LogP contribution in [0.25, 0.3) is 10.9 Å². The van der Waals surface area contributed by atoms with Crippen LogP contribution in [0.5, 0.6) is 11.5 Å². The predicted octanol–water partition coefficient (Wildman–Crippen LogP) is 4.38. The average molecular weight is 350 g/mol. The van der Waals surface area contributed by atoms with Crippen molar-refractivity contribution >= 4 is 22.5 Å². The number of anilines is 1. The van der Waals surface area contributed by atoms with Crippen molar-refractivity contribution in [2.24, 2.45) is 0 Å². The third-order valence-corrected chi connectivity index (χ3v) is 4.40. The SMILES string of the molecule is CCc1nc2ccccc2c(C)c1C(=O)Nc1cc(OC)cc(OC)c1. The second kappa shape index (κ2) is 7.44. The number of aromatic nitrogens is 1. The van der Waals surface area contributed by atoms with Crippen molar-refractivity contribution in [1.29, 1.82) is 0 Å². The minimum atomic E-state index is -0.187. The number of rotatable bonds is 5. The van der Waals surface area contributed by atoms with Gasteiger partial charge in [-0.2, -0.15) is 0 Å². The number of para-hydroxylation sites is 1.